The molecule has 210 valence electrons. The number of benzene rings is 3. The van der Waals surface area contributed by atoms with Crippen LogP contribution in [0, 0.1) is 29.6 Å². The normalized spacial score (nSPS) is 27.2. The molecule has 4 aliphatic rings. The molecule has 2 amide bonds. The lowest BCUT2D eigenvalue weighted by atomic mass is 9.50. The zero-order valence-electron chi connectivity index (χ0n) is 23.0. The fourth-order valence-electron chi connectivity index (χ4n) is 8.37. The van der Waals surface area contributed by atoms with Crippen LogP contribution >= 0.6 is 0 Å². The lowest BCUT2D eigenvalue weighted by Gasteiger charge is -2.55. The zero-order valence-corrected chi connectivity index (χ0v) is 23.0. The van der Waals surface area contributed by atoms with E-state index < -0.39 is 17.7 Å². The lowest BCUT2D eigenvalue weighted by Crippen LogP contribution is -2.58. The van der Waals surface area contributed by atoms with Crippen LogP contribution in [0.5, 0.6) is 0 Å². The molecule has 0 aliphatic heterocycles. The van der Waals surface area contributed by atoms with Crippen LogP contribution in [0.2, 0.25) is 0 Å². The first-order valence-electron chi connectivity index (χ1n) is 14.8. The van der Waals surface area contributed by atoms with Crippen LogP contribution in [0.1, 0.15) is 49.7 Å². The number of fused-ring (bicyclic) bond motifs is 1. The number of nitrogens with one attached hydrogen (secondary N) is 1. The summed E-state index contributed by atoms with van der Waals surface area (Å²) in [5.41, 5.74) is 6.18. The van der Waals surface area contributed by atoms with Crippen molar-refractivity contribution in [2.24, 2.45) is 35.3 Å². The highest BCUT2D eigenvalue weighted by Crippen LogP contribution is 2.58. The standard InChI is InChI=1S/C34H40N2O4/c35-33(39)40-34(19-23-10-11-26-8-4-5-9-27(26)13-23,20-31-28-14-24-12-25(16-28)17-29(31)15-24)32(38)36-30(21-37)18-22-6-2-1-3-7-22/h1-11,13,24-25,28-31,37H,12,14-21H2,(H2,35,39)(H,36,38). The first-order chi connectivity index (χ1) is 19.4. The molecule has 6 nitrogen and oxygen atoms in total. The number of carbonyl (C=O) groups is 2. The van der Waals surface area contributed by atoms with Gasteiger partial charge in [0, 0.05) is 12.8 Å². The van der Waals surface area contributed by atoms with Gasteiger partial charge in [-0.25, -0.2) is 4.79 Å². The summed E-state index contributed by atoms with van der Waals surface area (Å²) in [5.74, 6) is 2.63. The second-order valence-corrected chi connectivity index (χ2v) is 12.6. The van der Waals surface area contributed by atoms with E-state index in [2.05, 4.69) is 23.5 Å². The maximum Gasteiger partial charge on any atom is 0.405 e. The summed E-state index contributed by atoms with van der Waals surface area (Å²) in [7, 11) is 0. The van der Waals surface area contributed by atoms with Gasteiger partial charge in [-0.3, -0.25) is 4.79 Å². The van der Waals surface area contributed by atoms with E-state index in [0.29, 0.717) is 30.6 Å². The third kappa shape index (κ3) is 5.60. The van der Waals surface area contributed by atoms with E-state index in [-0.39, 0.29) is 18.9 Å². The highest BCUT2D eigenvalue weighted by Gasteiger charge is 2.53. The molecule has 0 heterocycles. The number of primary amides is 1. The summed E-state index contributed by atoms with van der Waals surface area (Å²) in [4.78, 5) is 26.8. The lowest BCUT2D eigenvalue weighted by molar-refractivity contribution is -0.147. The highest BCUT2D eigenvalue weighted by molar-refractivity contribution is 5.89. The van der Waals surface area contributed by atoms with Gasteiger partial charge in [0.05, 0.1) is 12.6 Å². The largest absolute Gasteiger partial charge is 0.433 e. The second kappa shape index (κ2) is 11.2. The number of carbonyl (C=O) groups excluding carboxylic acids is 2. The number of hydrogen-bond donors (Lipinski definition) is 3. The van der Waals surface area contributed by atoms with Crippen LogP contribution < -0.4 is 11.1 Å². The Kier molecular flexibility index (Phi) is 7.54. The van der Waals surface area contributed by atoms with Crippen molar-refractivity contribution in [1.29, 1.82) is 0 Å². The van der Waals surface area contributed by atoms with Gasteiger partial charge in [0.25, 0.3) is 5.91 Å². The van der Waals surface area contributed by atoms with Crippen LogP contribution in [-0.4, -0.2) is 35.4 Å². The van der Waals surface area contributed by atoms with Crippen molar-refractivity contribution in [3.63, 3.8) is 0 Å². The molecule has 40 heavy (non-hydrogen) atoms. The van der Waals surface area contributed by atoms with Gasteiger partial charge in [-0.1, -0.05) is 72.8 Å². The molecule has 2 atom stereocenters. The Balaban J connectivity index is 1.34. The minimum Gasteiger partial charge on any atom is -0.433 e. The monoisotopic (exact) mass is 540 g/mol. The van der Waals surface area contributed by atoms with Crippen molar-refractivity contribution in [3.05, 3.63) is 83.9 Å². The Labute approximate surface area is 236 Å². The van der Waals surface area contributed by atoms with Crippen molar-refractivity contribution in [2.75, 3.05) is 6.61 Å². The molecule has 0 aromatic heterocycles. The summed E-state index contributed by atoms with van der Waals surface area (Å²) in [6.45, 7) is -0.221. The van der Waals surface area contributed by atoms with Crippen molar-refractivity contribution in [1.82, 2.24) is 5.32 Å². The van der Waals surface area contributed by atoms with Gasteiger partial charge in [0.2, 0.25) is 0 Å². The zero-order chi connectivity index (χ0) is 27.7. The molecular formula is C34H40N2O4. The molecule has 2 unspecified atom stereocenters. The Morgan fingerprint density at radius 2 is 1.52 bits per heavy atom. The molecule has 7 rings (SSSR count). The first kappa shape index (κ1) is 26.8. The van der Waals surface area contributed by atoms with Crippen LogP contribution in [0.4, 0.5) is 4.79 Å². The van der Waals surface area contributed by atoms with E-state index >= 15 is 0 Å². The van der Waals surface area contributed by atoms with E-state index in [4.69, 9.17) is 10.5 Å². The maximum absolute atomic E-state index is 14.3. The first-order valence-corrected chi connectivity index (χ1v) is 14.8. The van der Waals surface area contributed by atoms with Gasteiger partial charge in [-0.05, 0) is 90.0 Å². The van der Waals surface area contributed by atoms with Crippen LogP contribution in [0.15, 0.2) is 72.8 Å². The fraction of sp³-hybridized carbons (Fsp3) is 0.471. The van der Waals surface area contributed by atoms with Crippen molar-refractivity contribution < 1.29 is 19.4 Å². The Morgan fingerprint density at radius 1 is 0.875 bits per heavy atom. The molecule has 6 heteroatoms. The molecule has 4 N–H and O–H groups in total. The molecule has 0 saturated heterocycles. The Morgan fingerprint density at radius 3 is 2.17 bits per heavy atom. The van der Waals surface area contributed by atoms with Gasteiger partial charge >= 0.3 is 6.09 Å². The number of aliphatic hydroxyl groups excluding tert-OH is 1. The van der Waals surface area contributed by atoms with Crippen LogP contribution in [-0.2, 0) is 22.4 Å². The van der Waals surface area contributed by atoms with Gasteiger partial charge in [0.15, 0.2) is 5.60 Å². The van der Waals surface area contributed by atoms with E-state index in [0.717, 1.165) is 33.7 Å². The molecule has 0 radical (unpaired) electrons. The van der Waals surface area contributed by atoms with Gasteiger partial charge < -0.3 is 20.9 Å². The topological polar surface area (TPSA) is 102 Å². The molecular weight excluding hydrogens is 500 g/mol. The number of amides is 2. The van der Waals surface area contributed by atoms with Crippen molar-refractivity contribution in [2.45, 2.75) is 63.0 Å². The predicted molar refractivity (Wildman–Crippen MR) is 155 cm³/mol. The SMILES string of the molecule is NC(=O)OC(Cc1ccc2ccccc2c1)(CC1C2CC3CC(C2)CC1C3)C(=O)NC(CO)Cc1ccccc1. The molecule has 4 saturated carbocycles. The minimum absolute atomic E-state index is 0.221. The average molecular weight is 541 g/mol. The van der Waals surface area contributed by atoms with E-state index in [1.807, 2.05) is 54.6 Å². The molecule has 3 aromatic rings. The molecule has 4 fully saturated rings. The maximum atomic E-state index is 14.3. The number of aliphatic hydroxyl groups is 1. The van der Waals surface area contributed by atoms with E-state index in [1.54, 1.807) is 0 Å². The summed E-state index contributed by atoms with van der Waals surface area (Å²) in [6.07, 6.45) is 6.38. The second-order valence-electron chi connectivity index (χ2n) is 12.6. The number of rotatable bonds is 10. The minimum atomic E-state index is -1.46. The van der Waals surface area contributed by atoms with Gasteiger partial charge in [-0.15, -0.1) is 0 Å². The van der Waals surface area contributed by atoms with E-state index in [9.17, 15) is 14.7 Å². The summed E-state index contributed by atoms with van der Waals surface area (Å²) < 4.78 is 5.96. The molecule has 4 aliphatic carbocycles. The van der Waals surface area contributed by atoms with Crippen LogP contribution in [0.3, 0.4) is 0 Å². The summed E-state index contributed by atoms with van der Waals surface area (Å²) >= 11 is 0. The van der Waals surface area contributed by atoms with E-state index in [1.165, 1.54) is 32.1 Å². The summed E-state index contributed by atoms with van der Waals surface area (Å²) in [6, 6.07) is 23.5. The number of ether oxygens (including phenoxy) is 1. The third-order valence-electron chi connectivity index (χ3n) is 9.88. The quantitative estimate of drug-likeness (QED) is 0.321. The van der Waals surface area contributed by atoms with Crippen molar-refractivity contribution in [3.8, 4) is 0 Å². The number of hydrogen-bond acceptors (Lipinski definition) is 4. The van der Waals surface area contributed by atoms with Crippen LogP contribution in [0.25, 0.3) is 10.8 Å². The third-order valence-corrected chi connectivity index (χ3v) is 9.88. The highest BCUT2D eigenvalue weighted by atomic mass is 16.6. The Bertz CT molecular complexity index is 1330. The molecule has 0 spiro atoms. The predicted octanol–water partition coefficient (Wildman–Crippen LogP) is 5.40. The average Bonchev–Trinajstić information content (AvgIpc) is 2.94. The molecule has 3 aromatic carbocycles. The summed E-state index contributed by atoms with van der Waals surface area (Å²) in [5, 5.41) is 15.5. The number of nitrogens with two attached hydrogens (primary N) is 1. The smallest absolute Gasteiger partial charge is 0.405 e. The fourth-order valence-corrected chi connectivity index (χ4v) is 8.37. The van der Waals surface area contributed by atoms with Gasteiger partial charge in [-0.2, -0.15) is 0 Å². The van der Waals surface area contributed by atoms with Crippen molar-refractivity contribution >= 4 is 22.8 Å². The molecule has 4 bridgehead atoms. The van der Waals surface area contributed by atoms with Gasteiger partial charge in [0.1, 0.15) is 0 Å². The Hall–Kier alpha value is -3.38.